The number of rotatable bonds is 5. The largest absolute Gasteiger partial charge is 0.454 e. The molecule has 4 rings (SSSR count). The number of oxime groups is 1. The summed E-state index contributed by atoms with van der Waals surface area (Å²) in [6.07, 6.45) is 0.435. The summed E-state index contributed by atoms with van der Waals surface area (Å²) < 4.78 is 15.7. The van der Waals surface area contributed by atoms with Gasteiger partial charge < -0.3 is 24.2 Å². The van der Waals surface area contributed by atoms with Gasteiger partial charge in [-0.2, -0.15) is 0 Å². The molecule has 8 nitrogen and oxygen atoms in total. The summed E-state index contributed by atoms with van der Waals surface area (Å²) in [5, 5.41) is 10.6. The number of carbonyl (C=O) groups is 1. The third-order valence-electron chi connectivity index (χ3n) is 3.98. The lowest BCUT2D eigenvalue weighted by Crippen LogP contribution is -2.34. The Hall–Kier alpha value is -3.03. The first kappa shape index (κ1) is 15.5. The minimum Gasteiger partial charge on any atom is -0.454 e. The van der Waals surface area contributed by atoms with Crippen molar-refractivity contribution >= 4 is 11.6 Å². The Balaban J connectivity index is 1.29. The van der Waals surface area contributed by atoms with Crippen LogP contribution in [0.2, 0.25) is 0 Å². The molecule has 0 aliphatic carbocycles. The van der Waals surface area contributed by atoms with E-state index in [-0.39, 0.29) is 19.2 Å². The number of benzene rings is 1. The lowest BCUT2D eigenvalue weighted by molar-refractivity contribution is -0.131. The zero-order valence-corrected chi connectivity index (χ0v) is 13.7. The number of nitrogens with one attached hydrogen (secondary N) is 1. The van der Waals surface area contributed by atoms with Crippen LogP contribution in [-0.2, 0) is 22.6 Å². The molecule has 8 heteroatoms. The number of carbonyl (C=O) groups excluding carboxylic acids is 1. The van der Waals surface area contributed by atoms with E-state index in [1.807, 2.05) is 25.1 Å². The van der Waals surface area contributed by atoms with Gasteiger partial charge in [0.25, 0.3) is 5.91 Å². The summed E-state index contributed by atoms with van der Waals surface area (Å²) >= 11 is 0. The van der Waals surface area contributed by atoms with E-state index >= 15 is 0 Å². The lowest BCUT2D eigenvalue weighted by Gasteiger charge is -2.08. The summed E-state index contributed by atoms with van der Waals surface area (Å²) in [4.78, 5) is 17.4. The van der Waals surface area contributed by atoms with Crippen LogP contribution in [0, 0.1) is 6.92 Å². The molecular weight excluding hydrogens is 326 g/mol. The molecule has 0 saturated carbocycles. The number of aromatic nitrogens is 1. The van der Waals surface area contributed by atoms with Crippen LogP contribution in [0.5, 0.6) is 11.5 Å². The van der Waals surface area contributed by atoms with E-state index in [0.717, 1.165) is 28.5 Å². The zero-order valence-electron chi connectivity index (χ0n) is 13.7. The summed E-state index contributed by atoms with van der Waals surface area (Å²) in [6.45, 7) is 2.35. The minimum absolute atomic E-state index is 0.224. The number of amides is 1. The zero-order chi connectivity index (χ0) is 17.2. The van der Waals surface area contributed by atoms with E-state index in [1.54, 1.807) is 6.07 Å². The Bertz CT molecular complexity index is 829. The third-order valence-corrected chi connectivity index (χ3v) is 3.98. The molecule has 1 atom stereocenters. The van der Waals surface area contributed by atoms with Crippen LogP contribution in [0.4, 0.5) is 0 Å². The number of hydrogen-bond acceptors (Lipinski definition) is 7. The fourth-order valence-electron chi connectivity index (χ4n) is 2.75. The number of ether oxygens (including phenoxy) is 2. The number of hydrogen-bond donors (Lipinski definition) is 1. The van der Waals surface area contributed by atoms with Crippen LogP contribution < -0.4 is 14.8 Å². The quantitative estimate of drug-likeness (QED) is 0.888. The van der Waals surface area contributed by atoms with Crippen LogP contribution in [0.3, 0.4) is 0 Å². The summed E-state index contributed by atoms with van der Waals surface area (Å²) in [5.41, 5.74) is 2.62. The van der Waals surface area contributed by atoms with Gasteiger partial charge in [0.15, 0.2) is 17.3 Å². The smallest absolute Gasteiger partial charge is 0.264 e. The average Bonchev–Trinajstić information content (AvgIpc) is 3.33. The first-order chi connectivity index (χ1) is 12.2. The lowest BCUT2D eigenvalue weighted by atomic mass is 10.0. The molecule has 0 saturated heterocycles. The highest BCUT2D eigenvalue weighted by atomic mass is 16.7. The van der Waals surface area contributed by atoms with Gasteiger partial charge in [0.05, 0.1) is 18.0 Å². The Kier molecular flexibility index (Phi) is 4.01. The predicted octanol–water partition coefficient (Wildman–Crippen LogP) is 1.72. The molecule has 0 spiro atoms. The summed E-state index contributed by atoms with van der Waals surface area (Å²) in [7, 11) is 0. The molecule has 1 unspecified atom stereocenters. The number of fused-ring (bicyclic) bond motifs is 1. The highest BCUT2D eigenvalue weighted by Crippen LogP contribution is 2.33. The van der Waals surface area contributed by atoms with Gasteiger partial charge in [-0.15, -0.1) is 0 Å². The van der Waals surface area contributed by atoms with E-state index in [2.05, 4.69) is 15.6 Å². The molecule has 1 aromatic carbocycles. The van der Waals surface area contributed by atoms with Crippen LogP contribution in [0.1, 0.15) is 23.4 Å². The van der Waals surface area contributed by atoms with E-state index < -0.39 is 6.10 Å². The van der Waals surface area contributed by atoms with Gasteiger partial charge in [0.2, 0.25) is 12.9 Å². The van der Waals surface area contributed by atoms with E-state index in [0.29, 0.717) is 18.6 Å². The summed E-state index contributed by atoms with van der Waals surface area (Å²) in [5.74, 6) is 1.85. The van der Waals surface area contributed by atoms with Crippen molar-refractivity contribution in [1.29, 1.82) is 0 Å². The molecule has 0 bridgehead atoms. The van der Waals surface area contributed by atoms with Crippen molar-refractivity contribution in [2.45, 2.75) is 32.4 Å². The molecule has 25 heavy (non-hydrogen) atoms. The van der Waals surface area contributed by atoms with Crippen molar-refractivity contribution in [3.63, 3.8) is 0 Å². The normalized spacial score (nSPS) is 18.0. The van der Waals surface area contributed by atoms with Crippen molar-refractivity contribution in [3.8, 4) is 11.5 Å². The Labute approximate surface area is 143 Å². The monoisotopic (exact) mass is 343 g/mol. The maximum absolute atomic E-state index is 12.2. The molecular formula is C17H17N3O5. The average molecular weight is 343 g/mol. The highest BCUT2D eigenvalue weighted by molar-refractivity contribution is 5.94. The Morgan fingerprint density at radius 1 is 1.28 bits per heavy atom. The van der Waals surface area contributed by atoms with Crippen LogP contribution in [0.15, 0.2) is 33.9 Å². The minimum atomic E-state index is -0.618. The molecule has 1 aromatic heterocycles. The fraction of sp³-hybridized carbons (Fsp3) is 0.353. The summed E-state index contributed by atoms with van der Waals surface area (Å²) in [6, 6.07) is 7.52. The van der Waals surface area contributed by atoms with Crippen LogP contribution in [0.25, 0.3) is 0 Å². The molecule has 2 aliphatic rings. The van der Waals surface area contributed by atoms with Gasteiger partial charge in [0.1, 0.15) is 0 Å². The predicted molar refractivity (Wildman–Crippen MR) is 86.3 cm³/mol. The molecule has 130 valence electrons. The molecule has 1 N–H and O–H groups in total. The van der Waals surface area contributed by atoms with Crippen molar-refractivity contribution in [2.24, 2.45) is 5.16 Å². The molecule has 3 heterocycles. The second-order valence-corrected chi connectivity index (χ2v) is 5.97. The molecule has 2 aliphatic heterocycles. The van der Waals surface area contributed by atoms with Gasteiger partial charge in [-0.3, -0.25) is 4.79 Å². The van der Waals surface area contributed by atoms with E-state index in [1.165, 1.54) is 0 Å². The second kappa shape index (κ2) is 6.46. The SMILES string of the molecule is Cc1cc(CNC(=O)C2CC(Cc3ccc4c(c3)OCO4)=NO2)on1. The molecule has 2 aromatic rings. The molecule has 0 fully saturated rings. The van der Waals surface area contributed by atoms with Crippen molar-refractivity contribution in [3.05, 3.63) is 41.3 Å². The van der Waals surface area contributed by atoms with Gasteiger partial charge in [-0.05, 0) is 24.6 Å². The van der Waals surface area contributed by atoms with E-state index in [4.69, 9.17) is 18.8 Å². The Morgan fingerprint density at radius 2 is 2.16 bits per heavy atom. The van der Waals surface area contributed by atoms with Crippen molar-refractivity contribution in [1.82, 2.24) is 10.5 Å². The van der Waals surface area contributed by atoms with Gasteiger partial charge in [-0.25, -0.2) is 0 Å². The maximum atomic E-state index is 12.2. The first-order valence-electron chi connectivity index (χ1n) is 7.97. The topological polar surface area (TPSA) is 95.2 Å². The van der Waals surface area contributed by atoms with Gasteiger partial charge in [-0.1, -0.05) is 16.4 Å². The maximum Gasteiger partial charge on any atom is 0.264 e. The molecule has 0 radical (unpaired) electrons. The third kappa shape index (κ3) is 3.42. The standard InChI is InChI=1S/C17H17N3O5/c1-10-4-13(24-19-10)8-18-17(21)16-7-12(20-25-16)5-11-2-3-14-15(6-11)23-9-22-14/h2-4,6,16H,5,7-9H2,1H3,(H,18,21). The number of nitrogens with zero attached hydrogens (tertiary/aromatic N) is 2. The van der Waals surface area contributed by atoms with E-state index in [9.17, 15) is 4.79 Å². The fourth-order valence-corrected chi connectivity index (χ4v) is 2.75. The van der Waals surface area contributed by atoms with Crippen molar-refractivity contribution < 1.29 is 23.6 Å². The van der Waals surface area contributed by atoms with Gasteiger partial charge in [0, 0.05) is 18.9 Å². The van der Waals surface area contributed by atoms with Gasteiger partial charge >= 0.3 is 0 Å². The number of aryl methyl sites for hydroxylation is 1. The second-order valence-electron chi connectivity index (χ2n) is 5.97. The molecule has 1 amide bonds. The van der Waals surface area contributed by atoms with Crippen LogP contribution in [-0.4, -0.2) is 29.7 Å². The van der Waals surface area contributed by atoms with Crippen molar-refractivity contribution in [2.75, 3.05) is 6.79 Å². The highest BCUT2D eigenvalue weighted by Gasteiger charge is 2.28. The van der Waals surface area contributed by atoms with Crippen LogP contribution >= 0.6 is 0 Å². The Morgan fingerprint density at radius 3 is 3.00 bits per heavy atom. The first-order valence-corrected chi connectivity index (χ1v) is 7.97.